The Balaban J connectivity index is 1.50. The lowest BCUT2D eigenvalue weighted by Gasteiger charge is -2.61. The van der Waals surface area contributed by atoms with E-state index in [1.165, 1.54) is 19.3 Å². The Morgan fingerprint density at radius 2 is 1.87 bits per heavy atom. The molecule has 1 amide bonds. The van der Waals surface area contributed by atoms with E-state index in [1.807, 2.05) is 6.33 Å². The average molecular weight is 316 g/mol. The number of aromatic nitrogens is 3. The van der Waals surface area contributed by atoms with Gasteiger partial charge in [-0.3, -0.25) is 4.79 Å². The van der Waals surface area contributed by atoms with Crippen molar-refractivity contribution in [3.63, 3.8) is 0 Å². The van der Waals surface area contributed by atoms with Crippen molar-refractivity contribution < 1.29 is 9.53 Å². The molecule has 1 aliphatic heterocycles. The fourth-order valence-corrected chi connectivity index (χ4v) is 6.29. The smallest absolute Gasteiger partial charge is 0.229 e. The van der Waals surface area contributed by atoms with E-state index in [4.69, 9.17) is 4.74 Å². The third kappa shape index (κ3) is 2.00. The van der Waals surface area contributed by atoms with E-state index in [0.717, 1.165) is 32.4 Å². The van der Waals surface area contributed by atoms with E-state index in [9.17, 15) is 4.79 Å². The molecular weight excluding hydrogens is 292 g/mol. The van der Waals surface area contributed by atoms with Gasteiger partial charge < -0.3 is 9.64 Å². The Labute approximate surface area is 136 Å². The van der Waals surface area contributed by atoms with Crippen LogP contribution in [0, 0.1) is 17.3 Å². The number of rotatable bonds is 2. The number of nitrogens with zero attached hydrogens (tertiary/aromatic N) is 4. The highest BCUT2D eigenvalue weighted by molar-refractivity contribution is 5.83. The standard InChI is InChI=1S/C17H24N4O2/c22-15(20-1-3-23-4-2-20)16-6-13-5-14(7-16)9-17(8-13,10-16)21-12-18-11-19-21/h11-14H,1-10H2. The zero-order valence-electron chi connectivity index (χ0n) is 13.5. The van der Waals surface area contributed by atoms with Crippen molar-refractivity contribution in [1.29, 1.82) is 0 Å². The molecule has 0 radical (unpaired) electrons. The summed E-state index contributed by atoms with van der Waals surface area (Å²) in [5.41, 5.74) is -0.129. The molecule has 6 heteroatoms. The van der Waals surface area contributed by atoms with Gasteiger partial charge in [0.15, 0.2) is 0 Å². The topological polar surface area (TPSA) is 60.2 Å². The molecule has 2 unspecified atom stereocenters. The summed E-state index contributed by atoms with van der Waals surface area (Å²) in [4.78, 5) is 19.6. The number of hydrogen-bond acceptors (Lipinski definition) is 4. The lowest BCUT2D eigenvalue weighted by atomic mass is 9.46. The first kappa shape index (κ1) is 14.0. The van der Waals surface area contributed by atoms with Gasteiger partial charge >= 0.3 is 0 Å². The van der Waals surface area contributed by atoms with E-state index < -0.39 is 0 Å². The minimum absolute atomic E-state index is 0.0303. The molecule has 4 aliphatic carbocycles. The minimum Gasteiger partial charge on any atom is -0.378 e. The Bertz CT molecular complexity index is 594. The van der Waals surface area contributed by atoms with Gasteiger partial charge in [-0.15, -0.1) is 0 Å². The summed E-state index contributed by atoms with van der Waals surface area (Å²) in [7, 11) is 0. The van der Waals surface area contributed by atoms with E-state index >= 15 is 0 Å². The molecule has 2 atom stereocenters. The zero-order valence-corrected chi connectivity index (χ0v) is 13.5. The number of carbonyl (C=O) groups excluding carboxylic acids is 1. The molecule has 0 spiro atoms. The lowest BCUT2D eigenvalue weighted by molar-refractivity contribution is -0.170. The summed E-state index contributed by atoms with van der Waals surface area (Å²) in [6.07, 6.45) is 10.2. The number of ether oxygens (including phenoxy) is 1. The second-order valence-electron chi connectivity index (χ2n) is 8.21. The summed E-state index contributed by atoms with van der Waals surface area (Å²) in [5.74, 6) is 1.73. The Kier molecular flexibility index (Phi) is 2.90. The van der Waals surface area contributed by atoms with Crippen molar-refractivity contribution in [2.24, 2.45) is 17.3 Å². The van der Waals surface area contributed by atoms with Crippen LogP contribution < -0.4 is 0 Å². The van der Waals surface area contributed by atoms with E-state index in [0.29, 0.717) is 31.0 Å². The summed E-state index contributed by atoms with van der Waals surface area (Å²) in [6, 6.07) is 0. The monoisotopic (exact) mass is 316 g/mol. The quantitative estimate of drug-likeness (QED) is 0.828. The van der Waals surface area contributed by atoms with Crippen LogP contribution in [0.1, 0.15) is 38.5 Å². The fourth-order valence-electron chi connectivity index (χ4n) is 6.29. The molecule has 124 valence electrons. The third-order valence-electron chi connectivity index (χ3n) is 6.69. The maximum atomic E-state index is 13.4. The SMILES string of the molecule is O=C(N1CCOCC1)C12CC3CC(C1)CC(n1cncn1)(C3)C2. The predicted molar refractivity (Wildman–Crippen MR) is 82.5 cm³/mol. The Morgan fingerprint density at radius 1 is 1.13 bits per heavy atom. The molecule has 1 saturated heterocycles. The normalized spacial score (nSPS) is 42.2. The molecule has 2 heterocycles. The molecule has 23 heavy (non-hydrogen) atoms. The van der Waals surface area contributed by atoms with Gasteiger partial charge in [0.25, 0.3) is 0 Å². The maximum absolute atomic E-state index is 13.4. The summed E-state index contributed by atoms with van der Waals surface area (Å²) < 4.78 is 7.51. The van der Waals surface area contributed by atoms with Crippen molar-refractivity contribution in [1.82, 2.24) is 19.7 Å². The van der Waals surface area contributed by atoms with Crippen molar-refractivity contribution in [2.75, 3.05) is 26.3 Å². The van der Waals surface area contributed by atoms with Crippen LogP contribution in [-0.4, -0.2) is 51.9 Å². The first-order valence-corrected chi connectivity index (χ1v) is 8.91. The van der Waals surface area contributed by atoms with Crippen molar-refractivity contribution in [3.05, 3.63) is 12.7 Å². The highest BCUT2D eigenvalue weighted by atomic mass is 16.5. The van der Waals surface area contributed by atoms with Gasteiger partial charge in [0.05, 0.1) is 24.2 Å². The van der Waals surface area contributed by atoms with Crippen LogP contribution >= 0.6 is 0 Å². The summed E-state index contributed by atoms with van der Waals surface area (Å²) in [5, 5.41) is 4.47. The highest BCUT2D eigenvalue weighted by Crippen LogP contribution is 2.64. The van der Waals surface area contributed by atoms with E-state index in [1.54, 1.807) is 6.33 Å². The van der Waals surface area contributed by atoms with Gasteiger partial charge in [-0.25, -0.2) is 9.67 Å². The molecule has 6 rings (SSSR count). The second-order valence-corrected chi connectivity index (χ2v) is 8.21. The van der Waals surface area contributed by atoms with Crippen molar-refractivity contribution >= 4 is 5.91 Å². The minimum atomic E-state index is -0.159. The van der Waals surface area contributed by atoms with Crippen LogP contribution in [0.4, 0.5) is 0 Å². The first-order chi connectivity index (χ1) is 11.2. The first-order valence-electron chi connectivity index (χ1n) is 8.91. The largest absolute Gasteiger partial charge is 0.378 e. The number of carbonyl (C=O) groups is 1. The molecule has 0 N–H and O–H groups in total. The second kappa shape index (κ2) is 4.79. The predicted octanol–water partition coefficient (Wildman–Crippen LogP) is 1.43. The van der Waals surface area contributed by atoms with Gasteiger partial charge in [-0.05, 0) is 50.4 Å². The molecule has 6 nitrogen and oxygen atoms in total. The van der Waals surface area contributed by atoms with Crippen LogP contribution in [0.15, 0.2) is 12.7 Å². The van der Waals surface area contributed by atoms with Gasteiger partial charge in [0, 0.05) is 13.1 Å². The zero-order chi connectivity index (χ0) is 15.5. The van der Waals surface area contributed by atoms with Crippen LogP contribution in [0.5, 0.6) is 0 Å². The van der Waals surface area contributed by atoms with Crippen LogP contribution in [-0.2, 0) is 15.1 Å². The number of morpholine rings is 1. The van der Waals surface area contributed by atoms with Crippen molar-refractivity contribution in [2.45, 2.75) is 44.1 Å². The summed E-state index contributed by atoms with van der Waals surface area (Å²) >= 11 is 0. The molecule has 5 aliphatic rings. The van der Waals surface area contributed by atoms with E-state index in [2.05, 4.69) is 19.7 Å². The maximum Gasteiger partial charge on any atom is 0.229 e. The number of hydrogen-bond donors (Lipinski definition) is 0. The van der Waals surface area contributed by atoms with Crippen LogP contribution in [0.2, 0.25) is 0 Å². The molecule has 0 aromatic carbocycles. The Morgan fingerprint density at radius 3 is 2.52 bits per heavy atom. The molecule has 5 fully saturated rings. The molecule has 4 saturated carbocycles. The van der Waals surface area contributed by atoms with Crippen LogP contribution in [0.25, 0.3) is 0 Å². The van der Waals surface area contributed by atoms with Gasteiger partial charge in [0.2, 0.25) is 5.91 Å². The lowest BCUT2D eigenvalue weighted by Crippen LogP contribution is -2.62. The highest BCUT2D eigenvalue weighted by Gasteiger charge is 2.62. The molecular formula is C17H24N4O2. The molecule has 1 aromatic rings. The molecule has 4 bridgehead atoms. The van der Waals surface area contributed by atoms with E-state index in [-0.39, 0.29) is 11.0 Å². The average Bonchev–Trinajstić information content (AvgIpc) is 3.09. The fraction of sp³-hybridized carbons (Fsp3) is 0.824. The number of amides is 1. The van der Waals surface area contributed by atoms with Gasteiger partial charge in [0.1, 0.15) is 12.7 Å². The third-order valence-corrected chi connectivity index (χ3v) is 6.69. The Hall–Kier alpha value is -1.43. The van der Waals surface area contributed by atoms with Crippen LogP contribution in [0.3, 0.4) is 0 Å². The molecule has 1 aromatic heterocycles. The van der Waals surface area contributed by atoms with Gasteiger partial charge in [-0.1, -0.05) is 0 Å². The van der Waals surface area contributed by atoms with Gasteiger partial charge in [-0.2, -0.15) is 5.10 Å². The van der Waals surface area contributed by atoms with Crippen molar-refractivity contribution in [3.8, 4) is 0 Å². The summed E-state index contributed by atoms with van der Waals surface area (Å²) in [6.45, 7) is 2.88.